The van der Waals surface area contributed by atoms with Crippen LogP contribution in [0.2, 0.25) is 0 Å². The first-order chi connectivity index (χ1) is 11.0. The van der Waals surface area contributed by atoms with E-state index >= 15 is 0 Å². The van der Waals surface area contributed by atoms with E-state index in [9.17, 15) is 13.2 Å². The first-order valence-electron chi connectivity index (χ1n) is 6.91. The Morgan fingerprint density at radius 1 is 1.22 bits per heavy atom. The zero-order chi connectivity index (χ0) is 16.7. The van der Waals surface area contributed by atoms with E-state index in [1.54, 1.807) is 24.4 Å². The van der Waals surface area contributed by atoms with Gasteiger partial charge in [0.2, 0.25) is 10.0 Å². The summed E-state index contributed by atoms with van der Waals surface area (Å²) in [5.74, 6) is -0.364. The minimum atomic E-state index is -3.66. The van der Waals surface area contributed by atoms with Gasteiger partial charge in [0.25, 0.3) is 5.91 Å². The highest BCUT2D eigenvalue weighted by atomic mass is 32.2. The van der Waals surface area contributed by atoms with E-state index in [0.29, 0.717) is 0 Å². The van der Waals surface area contributed by atoms with E-state index in [1.165, 1.54) is 24.3 Å². The Morgan fingerprint density at radius 2 is 2.04 bits per heavy atom. The molecule has 0 aliphatic rings. The fourth-order valence-electron chi connectivity index (χ4n) is 1.83. The second-order valence-electron chi connectivity index (χ2n) is 4.67. The fourth-order valence-corrected chi connectivity index (χ4v) is 2.88. The van der Waals surface area contributed by atoms with E-state index in [1.807, 2.05) is 6.07 Å². The molecule has 7 heteroatoms. The van der Waals surface area contributed by atoms with Crippen LogP contribution in [0.5, 0.6) is 0 Å². The van der Waals surface area contributed by atoms with Crippen LogP contribution in [0.4, 0.5) is 0 Å². The molecule has 0 saturated carbocycles. The third kappa shape index (κ3) is 4.73. The van der Waals surface area contributed by atoms with E-state index in [0.717, 1.165) is 5.69 Å². The lowest BCUT2D eigenvalue weighted by atomic mass is 10.2. The highest BCUT2D eigenvalue weighted by Crippen LogP contribution is 2.11. The molecule has 0 unspecified atom stereocenters. The van der Waals surface area contributed by atoms with Gasteiger partial charge >= 0.3 is 0 Å². The summed E-state index contributed by atoms with van der Waals surface area (Å²) in [6, 6.07) is 11.3. The lowest BCUT2D eigenvalue weighted by Crippen LogP contribution is -2.25. The van der Waals surface area contributed by atoms with Crippen molar-refractivity contribution in [3.63, 3.8) is 0 Å². The molecule has 0 spiro atoms. The number of carbonyl (C=O) groups excluding carboxylic acids is 1. The molecule has 2 rings (SSSR count). The van der Waals surface area contributed by atoms with Crippen molar-refractivity contribution in [2.75, 3.05) is 6.54 Å². The van der Waals surface area contributed by atoms with Gasteiger partial charge in [-0.1, -0.05) is 18.2 Å². The first-order valence-corrected chi connectivity index (χ1v) is 8.40. The average molecular weight is 331 g/mol. The van der Waals surface area contributed by atoms with Crippen molar-refractivity contribution in [2.24, 2.45) is 0 Å². The van der Waals surface area contributed by atoms with Crippen molar-refractivity contribution in [3.05, 3.63) is 72.6 Å². The number of rotatable bonds is 7. The smallest absolute Gasteiger partial charge is 0.251 e. The zero-order valence-electron chi connectivity index (χ0n) is 12.4. The highest BCUT2D eigenvalue weighted by Gasteiger charge is 2.15. The number of hydrogen-bond donors (Lipinski definition) is 2. The van der Waals surface area contributed by atoms with Crippen LogP contribution in [0, 0.1) is 0 Å². The normalized spacial score (nSPS) is 11.0. The van der Waals surface area contributed by atoms with Gasteiger partial charge in [0, 0.05) is 18.3 Å². The first kappa shape index (κ1) is 16.9. The lowest BCUT2D eigenvalue weighted by Gasteiger charge is -2.08. The molecular weight excluding hydrogens is 314 g/mol. The molecule has 0 saturated heterocycles. The quantitative estimate of drug-likeness (QED) is 0.752. The van der Waals surface area contributed by atoms with E-state index < -0.39 is 10.0 Å². The van der Waals surface area contributed by atoms with Crippen LogP contribution >= 0.6 is 0 Å². The Morgan fingerprint density at radius 3 is 2.74 bits per heavy atom. The molecule has 2 aromatic rings. The minimum Gasteiger partial charge on any atom is -0.346 e. The second kappa shape index (κ2) is 7.66. The third-order valence-corrected chi connectivity index (χ3v) is 4.40. The Labute approximate surface area is 135 Å². The molecule has 0 aliphatic carbocycles. The van der Waals surface area contributed by atoms with Crippen LogP contribution in [0.3, 0.4) is 0 Å². The lowest BCUT2D eigenvalue weighted by molar-refractivity contribution is 0.0950. The maximum absolute atomic E-state index is 12.1. The summed E-state index contributed by atoms with van der Waals surface area (Å²) in [4.78, 5) is 16.3. The number of pyridine rings is 1. The third-order valence-electron chi connectivity index (χ3n) is 2.98. The van der Waals surface area contributed by atoms with Gasteiger partial charge in [0.1, 0.15) is 0 Å². The summed E-state index contributed by atoms with van der Waals surface area (Å²) in [6.45, 7) is 3.85. The van der Waals surface area contributed by atoms with Crippen LogP contribution in [0.15, 0.2) is 66.2 Å². The predicted octanol–water partition coefficient (Wildman–Crippen LogP) is 1.48. The van der Waals surface area contributed by atoms with Crippen molar-refractivity contribution in [2.45, 2.75) is 11.4 Å². The monoisotopic (exact) mass is 331 g/mol. The molecule has 1 heterocycles. The topological polar surface area (TPSA) is 88.2 Å². The number of hydrogen-bond acceptors (Lipinski definition) is 4. The van der Waals surface area contributed by atoms with Gasteiger partial charge in [-0.05, 0) is 30.3 Å². The molecular formula is C16H17N3O3S. The van der Waals surface area contributed by atoms with Crippen LogP contribution in [-0.2, 0) is 16.6 Å². The van der Waals surface area contributed by atoms with Crippen LogP contribution < -0.4 is 10.0 Å². The predicted molar refractivity (Wildman–Crippen MR) is 87.2 cm³/mol. The molecule has 1 aromatic carbocycles. The molecule has 0 bridgehead atoms. The van der Waals surface area contributed by atoms with Gasteiger partial charge < -0.3 is 5.32 Å². The number of sulfonamides is 1. The van der Waals surface area contributed by atoms with Crippen molar-refractivity contribution in [3.8, 4) is 0 Å². The SMILES string of the molecule is C=CCNS(=O)(=O)c1cccc(C(=O)NCc2ccccn2)c1. The summed E-state index contributed by atoms with van der Waals surface area (Å²) in [7, 11) is -3.66. The van der Waals surface area contributed by atoms with Crippen molar-refractivity contribution in [1.82, 2.24) is 15.0 Å². The van der Waals surface area contributed by atoms with Crippen molar-refractivity contribution < 1.29 is 13.2 Å². The summed E-state index contributed by atoms with van der Waals surface area (Å²) >= 11 is 0. The molecule has 1 amide bonds. The Hall–Kier alpha value is -2.51. The van der Waals surface area contributed by atoms with E-state index in [-0.39, 0.29) is 29.5 Å². The van der Waals surface area contributed by atoms with Crippen LogP contribution in [-0.4, -0.2) is 25.9 Å². The number of aromatic nitrogens is 1. The van der Waals surface area contributed by atoms with Gasteiger partial charge in [-0.25, -0.2) is 13.1 Å². The molecule has 120 valence electrons. The average Bonchev–Trinajstić information content (AvgIpc) is 2.59. The molecule has 0 fully saturated rings. The molecule has 0 atom stereocenters. The highest BCUT2D eigenvalue weighted by molar-refractivity contribution is 7.89. The number of carbonyl (C=O) groups is 1. The van der Waals surface area contributed by atoms with E-state index in [2.05, 4.69) is 21.6 Å². The summed E-state index contributed by atoms with van der Waals surface area (Å²) in [6.07, 6.45) is 3.08. The molecule has 0 aliphatic heterocycles. The van der Waals surface area contributed by atoms with Gasteiger partial charge in [0.05, 0.1) is 17.1 Å². The van der Waals surface area contributed by atoms with Gasteiger partial charge in [-0.15, -0.1) is 6.58 Å². The van der Waals surface area contributed by atoms with Crippen molar-refractivity contribution >= 4 is 15.9 Å². The summed E-state index contributed by atoms with van der Waals surface area (Å²) in [5.41, 5.74) is 0.986. The second-order valence-corrected chi connectivity index (χ2v) is 6.44. The van der Waals surface area contributed by atoms with Crippen molar-refractivity contribution in [1.29, 1.82) is 0 Å². The standard InChI is InChI=1S/C16H17N3O3S/c1-2-9-19-23(21,22)15-8-5-6-13(11-15)16(20)18-12-14-7-3-4-10-17-14/h2-8,10-11,19H,1,9,12H2,(H,18,20). The Kier molecular flexibility index (Phi) is 5.61. The van der Waals surface area contributed by atoms with Gasteiger partial charge in [-0.2, -0.15) is 0 Å². The minimum absolute atomic E-state index is 0.0323. The molecule has 6 nitrogen and oxygen atoms in total. The van der Waals surface area contributed by atoms with Crippen LogP contribution in [0.25, 0.3) is 0 Å². The maximum atomic E-state index is 12.1. The number of amides is 1. The number of benzene rings is 1. The number of nitrogens with zero attached hydrogens (tertiary/aromatic N) is 1. The fraction of sp³-hybridized carbons (Fsp3) is 0.125. The molecule has 2 N–H and O–H groups in total. The molecule has 1 aromatic heterocycles. The van der Waals surface area contributed by atoms with Gasteiger partial charge in [-0.3, -0.25) is 9.78 Å². The zero-order valence-corrected chi connectivity index (χ0v) is 13.2. The molecule has 23 heavy (non-hydrogen) atoms. The molecule has 0 radical (unpaired) electrons. The summed E-state index contributed by atoms with van der Waals surface area (Å²) < 4.78 is 26.5. The largest absolute Gasteiger partial charge is 0.346 e. The van der Waals surface area contributed by atoms with Crippen LogP contribution in [0.1, 0.15) is 16.1 Å². The maximum Gasteiger partial charge on any atom is 0.251 e. The Bertz CT molecular complexity index is 789. The number of nitrogens with one attached hydrogen (secondary N) is 2. The van der Waals surface area contributed by atoms with Gasteiger partial charge in [0.15, 0.2) is 0 Å². The Balaban J connectivity index is 2.09. The summed E-state index contributed by atoms with van der Waals surface area (Å²) in [5, 5.41) is 2.70. The van der Waals surface area contributed by atoms with E-state index in [4.69, 9.17) is 0 Å².